The predicted octanol–water partition coefficient (Wildman–Crippen LogP) is 5.74. The van der Waals surface area contributed by atoms with Gasteiger partial charge in [0.05, 0.1) is 0 Å². The molecular formula is C15H26BrNS. The van der Waals surface area contributed by atoms with Crippen LogP contribution in [0.1, 0.15) is 63.2 Å². The minimum atomic E-state index is 1.02. The van der Waals surface area contributed by atoms with Gasteiger partial charge in [-0.2, -0.15) is 0 Å². The van der Waals surface area contributed by atoms with Gasteiger partial charge in [0.25, 0.3) is 0 Å². The monoisotopic (exact) mass is 331 g/mol. The van der Waals surface area contributed by atoms with E-state index in [2.05, 4.69) is 39.6 Å². The van der Waals surface area contributed by atoms with E-state index in [0.29, 0.717) is 0 Å². The van der Waals surface area contributed by atoms with Crippen LogP contribution in [-0.4, -0.2) is 6.54 Å². The minimum Gasteiger partial charge on any atom is -0.312 e. The van der Waals surface area contributed by atoms with Crippen LogP contribution in [0, 0.1) is 0 Å². The third kappa shape index (κ3) is 8.28. The van der Waals surface area contributed by atoms with Crippen LogP contribution in [0.25, 0.3) is 0 Å². The first-order valence-corrected chi connectivity index (χ1v) is 8.94. The second kappa shape index (κ2) is 11.0. The van der Waals surface area contributed by atoms with Crippen molar-refractivity contribution in [2.45, 2.75) is 64.8 Å². The van der Waals surface area contributed by atoms with Gasteiger partial charge in [-0.3, -0.25) is 0 Å². The number of nitrogens with one attached hydrogen (secondary N) is 1. The van der Waals surface area contributed by atoms with E-state index in [0.717, 1.165) is 13.1 Å². The van der Waals surface area contributed by atoms with Crippen molar-refractivity contribution in [2.75, 3.05) is 6.54 Å². The van der Waals surface area contributed by atoms with Crippen LogP contribution in [-0.2, 0) is 6.54 Å². The van der Waals surface area contributed by atoms with E-state index in [4.69, 9.17) is 0 Å². The second-order valence-corrected chi connectivity index (χ2v) is 6.79. The summed E-state index contributed by atoms with van der Waals surface area (Å²) in [5, 5.41) is 5.66. The molecule has 104 valence electrons. The molecule has 0 aliphatic carbocycles. The summed E-state index contributed by atoms with van der Waals surface area (Å²) in [5.41, 5.74) is 0. The summed E-state index contributed by atoms with van der Waals surface area (Å²) in [6, 6.07) is 2.20. The first kappa shape index (κ1) is 16.2. The number of thiophene rings is 1. The van der Waals surface area contributed by atoms with Crippen LogP contribution in [0.2, 0.25) is 0 Å². The molecular weight excluding hydrogens is 306 g/mol. The van der Waals surface area contributed by atoms with Gasteiger partial charge in [0, 0.05) is 21.3 Å². The summed E-state index contributed by atoms with van der Waals surface area (Å²) in [6.07, 6.45) is 11.2. The van der Waals surface area contributed by atoms with Crippen LogP contribution in [0.15, 0.2) is 15.9 Å². The topological polar surface area (TPSA) is 12.0 Å². The number of hydrogen-bond acceptors (Lipinski definition) is 2. The Morgan fingerprint density at radius 2 is 1.72 bits per heavy atom. The standard InChI is InChI=1S/C15H26BrNS/c1-2-3-4-5-6-7-8-9-10-17-12-15-11-14(16)13-18-15/h11,13,17H,2-10,12H2,1H3. The lowest BCUT2D eigenvalue weighted by Gasteiger charge is -2.03. The molecule has 0 aromatic carbocycles. The molecule has 0 saturated heterocycles. The maximum Gasteiger partial charge on any atom is 0.0300 e. The Balaban J connectivity index is 1.81. The Kier molecular flexibility index (Phi) is 9.90. The molecule has 1 rings (SSSR count). The predicted molar refractivity (Wildman–Crippen MR) is 86.3 cm³/mol. The summed E-state index contributed by atoms with van der Waals surface area (Å²) in [6.45, 7) is 4.45. The zero-order valence-electron chi connectivity index (χ0n) is 11.5. The fourth-order valence-electron chi connectivity index (χ4n) is 2.04. The highest BCUT2D eigenvalue weighted by atomic mass is 79.9. The van der Waals surface area contributed by atoms with Gasteiger partial charge in [-0.15, -0.1) is 11.3 Å². The largest absolute Gasteiger partial charge is 0.312 e. The van der Waals surface area contributed by atoms with Crippen LogP contribution in [0.4, 0.5) is 0 Å². The molecule has 0 amide bonds. The van der Waals surface area contributed by atoms with E-state index in [1.807, 2.05) is 11.3 Å². The lowest BCUT2D eigenvalue weighted by Crippen LogP contribution is -2.13. The molecule has 0 atom stereocenters. The molecule has 3 heteroatoms. The highest BCUT2D eigenvalue weighted by Gasteiger charge is 1.96. The molecule has 18 heavy (non-hydrogen) atoms. The van der Waals surface area contributed by atoms with Crippen molar-refractivity contribution < 1.29 is 0 Å². The molecule has 1 N–H and O–H groups in total. The number of halogens is 1. The fourth-order valence-corrected chi connectivity index (χ4v) is 3.46. The van der Waals surface area contributed by atoms with Crippen molar-refractivity contribution in [1.29, 1.82) is 0 Å². The number of rotatable bonds is 11. The molecule has 0 unspecified atom stereocenters. The molecule has 0 radical (unpaired) electrons. The smallest absolute Gasteiger partial charge is 0.0300 e. The van der Waals surface area contributed by atoms with Crippen LogP contribution < -0.4 is 5.32 Å². The molecule has 0 bridgehead atoms. The normalized spacial score (nSPS) is 11.0. The molecule has 0 spiro atoms. The van der Waals surface area contributed by atoms with Crippen LogP contribution >= 0.6 is 27.3 Å². The Bertz CT molecular complexity index is 298. The molecule has 0 saturated carbocycles. The zero-order chi connectivity index (χ0) is 13.1. The average Bonchev–Trinajstić information content (AvgIpc) is 2.77. The molecule has 0 aliphatic heterocycles. The Morgan fingerprint density at radius 1 is 1.06 bits per heavy atom. The third-order valence-corrected chi connectivity index (χ3v) is 4.83. The van der Waals surface area contributed by atoms with Gasteiger partial charge in [-0.25, -0.2) is 0 Å². The van der Waals surface area contributed by atoms with Crippen molar-refractivity contribution >= 4 is 27.3 Å². The summed E-state index contributed by atoms with van der Waals surface area (Å²) in [5.74, 6) is 0. The van der Waals surface area contributed by atoms with Gasteiger partial charge in [0.2, 0.25) is 0 Å². The molecule has 1 nitrogen and oxygen atoms in total. The molecule has 0 fully saturated rings. The van der Waals surface area contributed by atoms with Crippen molar-refractivity contribution in [3.05, 3.63) is 20.8 Å². The van der Waals surface area contributed by atoms with Gasteiger partial charge in [-0.05, 0) is 35.0 Å². The van der Waals surface area contributed by atoms with E-state index in [1.54, 1.807) is 0 Å². The summed E-state index contributed by atoms with van der Waals surface area (Å²) >= 11 is 5.30. The van der Waals surface area contributed by atoms with Crippen molar-refractivity contribution in [3.8, 4) is 0 Å². The van der Waals surface area contributed by atoms with Crippen LogP contribution in [0.5, 0.6) is 0 Å². The van der Waals surface area contributed by atoms with E-state index in [-0.39, 0.29) is 0 Å². The first-order valence-electron chi connectivity index (χ1n) is 7.26. The average molecular weight is 332 g/mol. The van der Waals surface area contributed by atoms with E-state index >= 15 is 0 Å². The minimum absolute atomic E-state index is 1.02. The zero-order valence-corrected chi connectivity index (χ0v) is 13.9. The number of unbranched alkanes of at least 4 members (excludes halogenated alkanes) is 7. The Morgan fingerprint density at radius 3 is 2.33 bits per heavy atom. The van der Waals surface area contributed by atoms with Crippen molar-refractivity contribution in [1.82, 2.24) is 5.32 Å². The SMILES string of the molecule is CCCCCCCCCCNCc1cc(Br)cs1. The maximum absolute atomic E-state index is 3.52. The quantitative estimate of drug-likeness (QED) is 0.509. The Labute approximate surface area is 125 Å². The van der Waals surface area contributed by atoms with E-state index in [1.165, 1.54) is 60.7 Å². The Hall–Kier alpha value is 0.140. The van der Waals surface area contributed by atoms with Gasteiger partial charge in [0.15, 0.2) is 0 Å². The molecule has 1 aromatic heterocycles. The fraction of sp³-hybridized carbons (Fsp3) is 0.733. The maximum atomic E-state index is 3.52. The summed E-state index contributed by atoms with van der Waals surface area (Å²) in [7, 11) is 0. The lowest BCUT2D eigenvalue weighted by molar-refractivity contribution is 0.556. The number of hydrogen-bond donors (Lipinski definition) is 1. The highest BCUT2D eigenvalue weighted by Crippen LogP contribution is 2.19. The first-order chi connectivity index (χ1) is 8.83. The summed E-state index contributed by atoms with van der Waals surface area (Å²) in [4.78, 5) is 1.42. The van der Waals surface area contributed by atoms with E-state index < -0.39 is 0 Å². The highest BCUT2D eigenvalue weighted by molar-refractivity contribution is 9.10. The summed E-state index contributed by atoms with van der Waals surface area (Å²) < 4.78 is 1.20. The molecule has 0 aliphatic rings. The van der Waals surface area contributed by atoms with E-state index in [9.17, 15) is 0 Å². The second-order valence-electron chi connectivity index (χ2n) is 4.88. The molecule has 1 heterocycles. The van der Waals surface area contributed by atoms with Crippen molar-refractivity contribution in [2.24, 2.45) is 0 Å². The van der Waals surface area contributed by atoms with Gasteiger partial charge < -0.3 is 5.32 Å². The van der Waals surface area contributed by atoms with Gasteiger partial charge in [-0.1, -0.05) is 51.9 Å². The molecule has 1 aromatic rings. The van der Waals surface area contributed by atoms with Gasteiger partial charge in [0.1, 0.15) is 0 Å². The van der Waals surface area contributed by atoms with Crippen molar-refractivity contribution in [3.63, 3.8) is 0 Å². The lowest BCUT2D eigenvalue weighted by atomic mass is 10.1. The van der Waals surface area contributed by atoms with Gasteiger partial charge >= 0.3 is 0 Å². The third-order valence-electron chi connectivity index (χ3n) is 3.13. The van der Waals surface area contributed by atoms with Crippen LogP contribution in [0.3, 0.4) is 0 Å².